The minimum atomic E-state index is -0.529. The Bertz CT molecular complexity index is 1780. The number of rotatable bonds is 2. The highest BCUT2D eigenvalue weighted by molar-refractivity contribution is 6.09. The minimum absolute atomic E-state index is 0.0114. The van der Waals surface area contributed by atoms with E-state index in [1.165, 1.54) is 35.1 Å². The Balaban J connectivity index is 1.31. The van der Waals surface area contributed by atoms with E-state index >= 15 is 0 Å². The van der Waals surface area contributed by atoms with Gasteiger partial charge in [0.1, 0.15) is 23.2 Å². The molecule has 0 saturated heterocycles. The number of hydrogen-bond acceptors (Lipinski definition) is 6. The molecule has 1 aromatic heterocycles. The van der Waals surface area contributed by atoms with Crippen molar-refractivity contribution in [2.75, 3.05) is 11.4 Å². The number of carbonyl (C=O) groups is 1. The van der Waals surface area contributed by atoms with Gasteiger partial charge in [-0.1, -0.05) is 44.2 Å². The average molecular weight is 504 g/mol. The maximum absolute atomic E-state index is 13.0. The molecular formula is C32H25NO5. The lowest BCUT2D eigenvalue weighted by Gasteiger charge is -2.40. The van der Waals surface area contributed by atoms with Crippen LogP contribution in [0.5, 0.6) is 5.75 Å². The van der Waals surface area contributed by atoms with Gasteiger partial charge in [0.15, 0.2) is 5.78 Å². The second-order valence-corrected chi connectivity index (χ2v) is 10.6. The fraction of sp³-hybridized carbons (Fsp3) is 0.188. The van der Waals surface area contributed by atoms with Gasteiger partial charge in [-0.25, -0.2) is 4.79 Å². The van der Waals surface area contributed by atoms with Crippen LogP contribution in [0.4, 0.5) is 5.69 Å². The van der Waals surface area contributed by atoms with Crippen LogP contribution in [-0.4, -0.2) is 23.5 Å². The number of phenols is 1. The van der Waals surface area contributed by atoms with Gasteiger partial charge in [0.05, 0.1) is 0 Å². The first-order valence-corrected chi connectivity index (χ1v) is 12.7. The highest BCUT2D eigenvalue weighted by Gasteiger charge is 2.46. The van der Waals surface area contributed by atoms with Gasteiger partial charge < -0.3 is 19.2 Å². The predicted octanol–water partition coefficient (Wildman–Crippen LogP) is 5.69. The third kappa shape index (κ3) is 3.33. The number of nitrogens with zero attached hydrogens (tertiary/aromatic N) is 1. The van der Waals surface area contributed by atoms with E-state index in [4.69, 9.17) is 9.15 Å². The second-order valence-electron chi connectivity index (χ2n) is 10.6. The lowest BCUT2D eigenvalue weighted by atomic mass is 9.79. The number of phenolic OH excluding ortho intramolecular Hbond substituents is 1. The van der Waals surface area contributed by atoms with Crippen LogP contribution in [0.25, 0.3) is 17.0 Å². The molecule has 0 amide bonds. The molecule has 1 unspecified atom stereocenters. The summed E-state index contributed by atoms with van der Waals surface area (Å²) in [5, 5.41) is 10.4. The van der Waals surface area contributed by atoms with Crippen LogP contribution < -0.4 is 10.5 Å². The number of ketones is 1. The van der Waals surface area contributed by atoms with E-state index in [1.54, 1.807) is 24.3 Å². The summed E-state index contributed by atoms with van der Waals surface area (Å²) in [6.07, 6.45) is 9.78. The maximum atomic E-state index is 13.0. The average Bonchev–Trinajstić information content (AvgIpc) is 3.13. The van der Waals surface area contributed by atoms with E-state index in [-0.39, 0.29) is 28.6 Å². The third-order valence-electron chi connectivity index (χ3n) is 7.89. The predicted molar refractivity (Wildman–Crippen MR) is 146 cm³/mol. The Morgan fingerprint density at radius 2 is 1.87 bits per heavy atom. The van der Waals surface area contributed by atoms with Crippen LogP contribution in [0, 0.1) is 0 Å². The van der Waals surface area contributed by atoms with Crippen LogP contribution >= 0.6 is 0 Å². The molecule has 38 heavy (non-hydrogen) atoms. The largest absolute Gasteiger partial charge is 0.508 e. The van der Waals surface area contributed by atoms with Gasteiger partial charge in [0.25, 0.3) is 0 Å². The van der Waals surface area contributed by atoms with Gasteiger partial charge in [-0.05, 0) is 41.5 Å². The molecule has 188 valence electrons. The smallest absolute Gasteiger partial charge is 0.336 e. The number of allylic oxidation sites excluding steroid dienone is 5. The van der Waals surface area contributed by atoms with Crippen molar-refractivity contribution in [1.82, 2.24) is 0 Å². The summed E-state index contributed by atoms with van der Waals surface area (Å²) in [6.45, 7) is 5.39. The van der Waals surface area contributed by atoms with Crippen LogP contribution in [0.2, 0.25) is 0 Å². The number of para-hydroxylation sites is 1. The van der Waals surface area contributed by atoms with Crippen LogP contribution in [-0.2, 0) is 14.9 Å². The molecule has 0 bridgehead atoms. The highest BCUT2D eigenvalue weighted by atomic mass is 16.5. The van der Waals surface area contributed by atoms with Crippen molar-refractivity contribution in [1.29, 1.82) is 0 Å². The Hall–Kier alpha value is -4.58. The van der Waals surface area contributed by atoms with E-state index in [9.17, 15) is 14.7 Å². The molecule has 1 atom stereocenters. The molecule has 2 aromatic carbocycles. The molecular weight excluding hydrogens is 478 g/mol. The van der Waals surface area contributed by atoms with Gasteiger partial charge in [0, 0.05) is 70.1 Å². The van der Waals surface area contributed by atoms with E-state index in [1.807, 2.05) is 6.08 Å². The maximum Gasteiger partial charge on any atom is 0.336 e. The fourth-order valence-corrected chi connectivity index (χ4v) is 6.17. The van der Waals surface area contributed by atoms with Crippen molar-refractivity contribution in [3.05, 3.63) is 123 Å². The summed E-state index contributed by atoms with van der Waals surface area (Å²) in [4.78, 5) is 27.5. The molecule has 0 fully saturated rings. The SMILES string of the molecule is CC1(C)C2=C3C=C4C=C(/C=C/c5cc(=O)oc6cc(O)ccc56)C(=O)C=C4OC3CCN2c2ccccc21. The number of hydrogen-bond donors (Lipinski definition) is 1. The summed E-state index contributed by atoms with van der Waals surface area (Å²) >= 11 is 0. The fourth-order valence-electron chi connectivity index (χ4n) is 6.17. The van der Waals surface area contributed by atoms with Crippen LogP contribution in [0.1, 0.15) is 31.4 Å². The summed E-state index contributed by atoms with van der Waals surface area (Å²) in [6, 6.07) is 14.6. The molecule has 0 saturated carbocycles. The quantitative estimate of drug-likeness (QED) is 0.453. The Kier molecular flexibility index (Phi) is 4.73. The van der Waals surface area contributed by atoms with Crippen molar-refractivity contribution in [2.24, 2.45) is 0 Å². The van der Waals surface area contributed by atoms with E-state index in [2.05, 4.69) is 49.1 Å². The number of carbonyl (C=O) groups excluding carboxylic acids is 1. The number of aromatic hydroxyl groups is 1. The molecule has 1 aliphatic carbocycles. The zero-order valence-electron chi connectivity index (χ0n) is 21.0. The van der Waals surface area contributed by atoms with Crippen molar-refractivity contribution in [2.45, 2.75) is 31.8 Å². The van der Waals surface area contributed by atoms with E-state index < -0.39 is 5.63 Å². The zero-order valence-corrected chi connectivity index (χ0v) is 21.0. The number of fused-ring (bicyclic) bond motifs is 6. The zero-order chi connectivity index (χ0) is 26.2. The molecule has 0 radical (unpaired) electrons. The molecule has 4 aliphatic rings. The first kappa shape index (κ1) is 22.6. The first-order chi connectivity index (χ1) is 18.3. The Labute approximate surface area is 219 Å². The lowest BCUT2D eigenvalue weighted by molar-refractivity contribution is -0.111. The van der Waals surface area contributed by atoms with Crippen molar-refractivity contribution < 1.29 is 19.1 Å². The van der Waals surface area contributed by atoms with Gasteiger partial charge in [-0.3, -0.25) is 4.79 Å². The van der Waals surface area contributed by atoms with Gasteiger partial charge in [-0.15, -0.1) is 0 Å². The van der Waals surface area contributed by atoms with Crippen molar-refractivity contribution >= 4 is 28.5 Å². The molecule has 6 nitrogen and oxygen atoms in total. The Morgan fingerprint density at radius 1 is 1.03 bits per heavy atom. The second kappa shape index (κ2) is 7.96. The van der Waals surface area contributed by atoms with Crippen LogP contribution in [0.15, 0.2) is 110 Å². The monoisotopic (exact) mass is 503 g/mol. The van der Waals surface area contributed by atoms with Crippen LogP contribution in [0.3, 0.4) is 0 Å². The van der Waals surface area contributed by atoms with E-state index in [0.29, 0.717) is 22.3 Å². The summed E-state index contributed by atoms with van der Waals surface area (Å²) in [5.74, 6) is 0.461. The molecule has 6 heteroatoms. The number of ether oxygens (including phenoxy) is 1. The van der Waals surface area contributed by atoms with Gasteiger partial charge in [0.2, 0.25) is 0 Å². The molecule has 0 spiro atoms. The standard InChI is InChI=1S/C32H25NO5/c1-32(2)24-5-3-4-6-25(24)33-12-11-27-23(31(32)33)14-20-13-19(26(35)17-28(20)37-27)8-7-18-15-30(36)38-29-16-21(34)9-10-22(18)29/h3-10,13-17,27,34H,11-12H2,1-2H3/b8-7+. The summed E-state index contributed by atoms with van der Waals surface area (Å²) in [5.41, 5.74) is 6.54. The first-order valence-electron chi connectivity index (χ1n) is 12.7. The topological polar surface area (TPSA) is 80.0 Å². The molecule has 3 aliphatic heterocycles. The summed E-state index contributed by atoms with van der Waals surface area (Å²) < 4.78 is 11.6. The summed E-state index contributed by atoms with van der Waals surface area (Å²) in [7, 11) is 0. The minimum Gasteiger partial charge on any atom is -0.508 e. The Morgan fingerprint density at radius 3 is 2.74 bits per heavy atom. The molecule has 1 N–H and O–H groups in total. The van der Waals surface area contributed by atoms with Crippen molar-refractivity contribution in [3.63, 3.8) is 0 Å². The van der Waals surface area contributed by atoms with Gasteiger partial charge in [-0.2, -0.15) is 0 Å². The number of benzene rings is 2. The molecule has 3 aromatic rings. The molecule has 7 rings (SSSR count). The van der Waals surface area contributed by atoms with Crippen molar-refractivity contribution in [3.8, 4) is 5.75 Å². The highest BCUT2D eigenvalue weighted by Crippen LogP contribution is 2.52. The number of anilines is 1. The van der Waals surface area contributed by atoms with Gasteiger partial charge >= 0.3 is 5.63 Å². The van der Waals surface area contributed by atoms with E-state index in [0.717, 1.165) is 24.1 Å². The third-order valence-corrected chi connectivity index (χ3v) is 7.89. The normalized spacial score (nSPS) is 21.3. The molecule has 4 heterocycles. The lowest BCUT2D eigenvalue weighted by Crippen LogP contribution is -2.39.